The summed E-state index contributed by atoms with van der Waals surface area (Å²) in [6, 6.07) is 0. The Kier molecular flexibility index (Phi) is 4.91. The summed E-state index contributed by atoms with van der Waals surface area (Å²) in [5, 5.41) is 13.3. The molecular weight excluding hydrogens is 256 g/mol. The van der Waals surface area contributed by atoms with E-state index >= 15 is 0 Å². The van der Waals surface area contributed by atoms with Gasteiger partial charge in [0.15, 0.2) is 0 Å². The van der Waals surface area contributed by atoms with Crippen LogP contribution in [0.3, 0.4) is 0 Å². The largest absolute Gasteiger partial charge is 0.367 e. The fourth-order valence-corrected chi connectivity index (χ4v) is 2.16. The van der Waals surface area contributed by atoms with E-state index in [2.05, 4.69) is 37.3 Å². The third-order valence-electron chi connectivity index (χ3n) is 3.34. The number of aromatic nitrogens is 6. The van der Waals surface area contributed by atoms with Crippen LogP contribution in [0.1, 0.15) is 56.6 Å². The highest BCUT2D eigenvalue weighted by Gasteiger charge is 2.09. The minimum atomic E-state index is 0.318. The third-order valence-corrected chi connectivity index (χ3v) is 3.34. The second kappa shape index (κ2) is 6.88. The Labute approximate surface area is 117 Å². The van der Waals surface area contributed by atoms with E-state index < -0.39 is 0 Å². The lowest BCUT2D eigenvalue weighted by Crippen LogP contribution is -1.97. The van der Waals surface area contributed by atoms with Gasteiger partial charge in [-0.25, -0.2) is 0 Å². The fraction of sp³-hybridized carbons (Fsp3) is 0.667. The topological polar surface area (TPSA) is 135 Å². The molecule has 0 spiro atoms. The Hall–Kier alpha value is -2.12. The van der Waals surface area contributed by atoms with Crippen LogP contribution in [0.2, 0.25) is 0 Å². The molecule has 2 aromatic rings. The predicted molar refractivity (Wildman–Crippen MR) is 76.8 cm³/mol. The summed E-state index contributed by atoms with van der Waals surface area (Å²) in [6.07, 6.45) is 6.62. The molecule has 0 radical (unpaired) electrons. The highest BCUT2D eigenvalue weighted by Crippen LogP contribution is 2.19. The van der Waals surface area contributed by atoms with Gasteiger partial charge in [0.25, 0.3) is 0 Å². The third kappa shape index (κ3) is 4.22. The monoisotopic (exact) mass is 278 g/mol. The van der Waals surface area contributed by atoms with E-state index in [1.807, 2.05) is 0 Å². The predicted octanol–water partition coefficient (Wildman–Crippen LogP) is 1.38. The quantitative estimate of drug-likeness (QED) is 0.539. The Morgan fingerprint density at radius 3 is 2.30 bits per heavy atom. The van der Waals surface area contributed by atoms with Crippen molar-refractivity contribution >= 4 is 11.9 Å². The van der Waals surface area contributed by atoms with Crippen molar-refractivity contribution in [2.24, 2.45) is 0 Å². The molecule has 2 aromatic heterocycles. The van der Waals surface area contributed by atoms with E-state index in [1.54, 1.807) is 0 Å². The molecule has 8 heteroatoms. The smallest absolute Gasteiger partial charge is 0.239 e. The molecule has 0 aliphatic rings. The van der Waals surface area contributed by atoms with Crippen LogP contribution < -0.4 is 11.5 Å². The molecule has 0 bridgehead atoms. The van der Waals surface area contributed by atoms with Gasteiger partial charge in [-0.2, -0.15) is 9.97 Å². The average molecular weight is 278 g/mol. The van der Waals surface area contributed by atoms with E-state index in [9.17, 15) is 0 Å². The molecule has 0 saturated carbocycles. The van der Waals surface area contributed by atoms with E-state index in [0.717, 1.165) is 30.9 Å². The fourth-order valence-electron chi connectivity index (χ4n) is 2.16. The zero-order valence-electron chi connectivity index (χ0n) is 11.8. The SMILES string of the molecule is CC(CCCCCCc1nc(N)n[nH]1)c1nc(N)n[nH]1. The van der Waals surface area contributed by atoms with Crippen LogP contribution in [0.15, 0.2) is 0 Å². The minimum Gasteiger partial charge on any atom is -0.367 e. The highest BCUT2D eigenvalue weighted by atomic mass is 15.3. The molecule has 8 nitrogen and oxygen atoms in total. The number of nitrogens with one attached hydrogen (secondary N) is 2. The van der Waals surface area contributed by atoms with Gasteiger partial charge in [-0.3, -0.25) is 10.2 Å². The molecule has 2 rings (SSSR count). The number of hydrogen-bond acceptors (Lipinski definition) is 6. The van der Waals surface area contributed by atoms with Crippen LogP contribution in [0.25, 0.3) is 0 Å². The maximum atomic E-state index is 5.49. The molecule has 1 unspecified atom stereocenters. The summed E-state index contributed by atoms with van der Waals surface area (Å²) in [4.78, 5) is 8.23. The summed E-state index contributed by atoms with van der Waals surface area (Å²) >= 11 is 0. The van der Waals surface area contributed by atoms with Crippen molar-refractivity contribution in [2.45, 2.75) is 51.4 Å². The van der Waals surface area contributed by atoms with Gasteiger partial charge in [0.2, 0.25) is 11.9 Å². The van der Waals surface area contributed by atoms with Crippen molar-refractivity contribution in [3.8, 4) is 0 Å². The number of rotatable bonds is 8. The van der Waals surface area contributed by atoms with Gasteiger partial charge in [0.05, 0.1) is 0 Å². The van der Waals surface area contributed by atoms with Crippen LogP contribution >= 0.6 is 0 Å². The molecule has 6 N–H and O–H groups in total. The Morgan fingerprint density at radius 1 is 0.950 bits per heavy atom. The Morgan fingerprint density at radius 2 is 1.65 bits per heavy atom. The van der Waals surface area contributed by atoms with Crippen molar-refractivity contribution in [1.29, 1.82) is 0 Å². The number of hydrogen-bond donors (Lipinski definition) is 4. The highest BCUT2D eigenvalue weighted by molar-refractivity contribution is 5.14. The lowest BCUT2D eigenvalue weighted by molar-refractivity contribution is 0.553. The number of anilines is 2. The maximum absolute atomic E-state index is 5.49. The molecule has 20 heavy (non-hydrogen) atoms. The molecule has 110 valence electrons. The molecule has 0 aromatic carbocycles. The number of nitrogen functional groups attached to an aromatic ring is 2. The van der Waals surface area contributed by atoms with Crippen LogP contribution in [0.5, 0.6) is 0 Å². The summed E-state index contributed by atoms with van der Waals surface area (Å²) in [7, 11) is 0. The number of aryl methyl sites for hydroxylation is 1. The molecule has 0 aliphatic carbocycles. The molecule has 0 fully saturated rings. The van der Waals surface area contributed by atoms with Crippen molar-refractivity contribution < 1.29 is 0 Å². The van der Waals surface area contributed by atoms with Crippen molar-refractivity contribution in [1.82, 2.24) is 30.4 Å². The van der Waals surface area contributed by atoms with Crippen LogP contribution in [-0.2, 0) is 6.42 Å². The van der Waals surface area contributed by atoms with Gasteiger partial charge in [-0.05, 0) is 12.8 Å². The van der Waals surface area contributed by atoms with Crippen molar-refractivity contribution in [3.63, 3.8) is 0 Å². The van der Waals surface area contributed by atoms with Crippen LogP contribution in [0.4, 0.5) is 11.9 Å². The Balaban J connectivity index is 1.55. The molecule has 0 aliphatic heterocycles. The van der Waals surface area contributed by atoms with E-state index in [4.69, 9.17) is 11.5 Å². The zero-order valence-corrected chi connectivity index (χ0v) is 11.8. The minimum absolute atomic E-state index is 0.318. The molecule has 1 atom stereocenters. The van der Waals surface area contributed by atoms with E-state index in [-0.39, 0.29) is 0 Å². The summed E-state index contributed by atoms with van der Waals surface area (Å²) in [5.41, 5.74) is 10.9. The standard InChI is InChI=1S/C12H22N8/c1-8(10-16-12(14)20-18-10)6-4-2-3-5-7-9-15-11(13)19-17-9/h8H,2-7H2,1H3,(H3,13,15,17,19)(H3,14,16,18,20). The Bertz CT molecular complexity index is 517. The van der Waals surface area contributed by atoms with Gasteiger partial charge in [-0.15, -0.1) is 10.2 Å². The number of nitrogens with zero attached hydrogens (tertiary/aromatic N) is 4. The maximum Gasteiger partial charge on any atom is 0.239 e. The second-order valence-corrected chi connectivity index (χ2v) is 5.07. The zero-order chi connectivity index (χ0) is 14.4. The summed E-state index contributed by atoms with van der Waals surface area (Å²) in [5.74, 6) is 2.75. The molecular formula is C12H22N8. The second-order valence-electron chi connectivity index (χ2n) is 5.07. The van der Waals surface area contributed by atoms with Gasteiger partial charge in [0.1, 0.15) is 11.6 Å². The van der Waals surface area contributed by atoms with Gasteiger partial charge in [-0.1, -0.05) is 26.2 Å². The first-order valence-corrected chi connectivity index (χ1v) is 6.99. The molecule has 2 heterocycles. The van der Waals surface area contributed by atoms with Crippen LogP contribution in [0, 0.1) is 0 Å². The van der Waals surface area contributed by atoms with Gasteiger partial charge in [0, 0.05) is 12.3 Å². The number of H-pyrrole nitrogens is 2. The lowest BCUT2D eigenvalue weighted by Gasteiger charge is -2.07. The molecule has 0 saturated heterocycles. The first-order chi connectivity index (χ1) is 9.65. The number of aromatic amines is 2. The molecule has 0 amide bonds. The summed E-state index contributed by atoms with van der Waals surface area (Å²) < 4.78 is 0. The first kappa shape index (κ1) is 14.3. The lowest BCUT2D eigenvalue weighted by atomic mass is 10.0. The number of unbranched alkanes of at least 4 members (excludes halogenated alkanes) is 3. The average Bonchev–Trinajstić information content (AvgIpc) is 3.02. The normalized spacial score (nSPS) is 12.7. The van der Waals surface area contributed by atoms with Gasteiger partial charge >= 0.3 is 0 Å². The number of nitrogens with two attached hydrogens (primary N) is 2. The summed E-state index contributed by atoms with van der Waals surface area (Å²) in [6.45, 7) is 2.14. The van der Waals surface area contributed by atoms with Gasteiger partial charge < -0.3 is 11.5 Å². The van der Waals surface area contributed by atoms with E-state index in [0.29, 0.717) is 17.8 Å². The van der Waals surface area contributed by atoms with Crippen molar-refractivity contribution in [3.05, 3.63) is 11.6 Å². The van der Waals surface area contributed by atoms with Crippen molar-refractivity contribution in [2.75, 3.05) is 11.5 Å². The van der Waals surface area contributed by atoms with E-state index in [1.165, 1.54) is 19.3 Å². The first-order valence-electron chi connectivity index (χ1n) is 6.99. The van der Waals surface area contributed by atoms with Crippen LogP contribution in [-0.4, -0.2) is 30.4 Å².